The zero-order valence-electron chi connectivity index (χ0n) is 22.7. The summed E-state index contributed by atoms with van der Waals surface area (Å²) >= 11 is 6.33. The fourth-order valence-electron chi connectivity index (χ4n) is 5.51. The molecule has 2 N–H and O–H groups in total. The monoisotopic (exact) mass is 570 g/mol. The quantitative estimate of drug-likeness (QED) is 0.188. The SMILES string of the molecule is CCOC(=O)c1[nH]c2cc(Cl)ccc2c1C(NC1CCCCC1)c1nnnn1-c1cccc(Oc2ccccc2)c1. The van der Waals surface area contributed by atoms with E-state index in [0.29, 0.717) is 22.3 Å². The van der Waals surface area contributed by atoms with Crippen LogP contribution in [0.4, 0.5) is 0 Å². The highest BCUT2D eigenvalue weighted by atomic mass is 35.5. The summed E-state index contributed by atoms with van der Waals surface area (Å²) in [4.78, 5) is 16.5. The number of carbonyl (C=O) groups is 1. The van der Waals surface area contributed by atoms with Crippen molar-refractivity contribution in [2.45, 2.75) is 51.1 Å². The Bertz CT molecular complexity index is 1640. The van der Waals surface area contributed by atoms with E-state index >= 15 is 0 Å². The van der Waals surface area contributed by atoms with Gasteiger partial charge in [-0.15, -0.1) is 5.10 Å². The van der Waals surface area contributed by atoms with E-state index in [2.05, 4.69) is 25.8 Å². The molecule has 0 saturated heterocycles. The first kappa shape index (κ1) is 27.0. The molecule has 0 spiro atoms. The van der Waals surface area contributed by atoms with Gasteiger partial charge < -0.3 is 19.8 Å². The van der Waals surface area contributed by atoms with Crippen LogP contribution in [0, 0.1) is 0 Å². The van der Waals surface area contributed by atoms with E-state index in [-0.39, 0.29) is 12.6 Å². The number of nitrogens with one attached hydrogen (secondary N) is 2. The molecular formula is C31H31ClN6O3. The molecule has 6 rings (SSSR count). The van der Waals surface area contributed by atoms with Crippen molar-refractivity contribution >= 4 is 28.5 Å². The Kier molecular flexibility index (Phi) is 7.98. The standard InChI is InChI=1S/C31H31ClN6O3/c1-2-40-31(39)29-27(25-17-16-20(32)18-26(25)34-29)28(33-21-10-5-3-6-11-21)30-35-36-37-38(30)22-12-9-15-24(19-22)41-23-13-7-4-8-14-23/h4,7-9,12-19,21,28,33-34H,2-3,5-6,10-11H2,1H3. The van der Waals surface area contributed by atoms with Crippen LogP contribution < -0.4 is 10.1 Å². The number of benzene rings is 3. The molecule has 2 heterocycles. The lowest BCUT2D eigenvalue weighted by atomic mass is 9.93. The summed E-state index contributed by atoms with van der Waals surface area (Å²) in [5.41, 5.74) is 2.55. The van der Waals surface area contributed by atoms with E-state index < -0.39 is 12.0 Å². The topological polar surface area (TPSA) is 107 Å². The van der Waals surface area contributed by atoms with Crippen LogP contribution in [0.25, 0.3) is 16.6 Å². The summed E-state index contributed by atoms with van der Waals surface area (Å²) < 4.78 is 13.2. The van der Waals surface area contributed by atoms with Gasteiger partial charge >= 0.3 is 5.97 Å². The van der Waals surface area contributed by atoms with E-state index in [4.69, 9.17) is 21.1 Å². The summed E-state index contributed by atoms with van der Waals surface area (Å²) in [6.45, 7) is 2.04. The average molecular weight is 571 g/mol. The molecule has 1 atom stereocenters. The Balaban J connectivity index is 1.47. The van der Waals surface area contributed by atoms with Crippen molar-refractivity contribution in [1.29, 1.82) is 0 Å². The number of halogens is 1. The molecule has 10 heteroatoms. The van der Waals surface area contributed by atoms with E-state index in [1.165, 1.54) is 6.42 Å². The summed E-state index contributed by atoms with van der Waals surface area (Å²) in [5.74, 6) is 1.49. The van der Waals surface area contributed by atoms with Crippen LogP contribution in [0.3, 0.4) is 0 Å². The lowest BCUT2D eigenvalue weighted by Crippen LogP contribution is -2.37. The van der Waals surface area contributed by atoms with Crippen LogP contribution in [-0.2, 0) is 4.74 Å². The summed E-state index contributed by atoms with van der Waals surface area (Å²) in [7, 11) is 0. The molecule has 2 aromatic heterocycles. The number of nitrogens with zero attached hydrogens (tertiary/aromatic N) is 4. The molecule has 210 valence electrons. The number of H-pyrrole nitrogens is 1. The molecule has 1 unspecified atom stereocenters. The molecule has 0 aliphatic heterocycles. The van der Waals surface area contributed by atoms with Gasteiger partial charge in [0.25, 0.3) is 0 Å². The molecule has 0 radical (unpaired) electrons. The largest absolute Gasteiger partial charge is 0.461 e. The number of hydrogen-bond donors (Lipinski definition) is 2. The second kappa shape index (κ2) is 12.1. The summed E-state index contributed by atoms with van der Waals surface area (Å²) in [6.07, 6.45) is 5.56. The summed E-state index contributed by atoms with van der Waals surface area (Å²) in [6, 6.07) is 22.5. The summed E-state index contributed by atoms with van der Waals surface area (Å²) in [5, 5.41) is 18.2. The first-order chi connectivity index (χ1) is 20.1. The van der Waals surface area contributed by atoms with Crippen molar-refractivity contribution in [3.8, 4) is 17.2 Å². The Morgan fingerprint density at radius 1 is 1.05 bits per heavy atom. The maximum Gasteiger partial charge on any atom is 0.355 e. The van der Waals surface area contributed by atoms with E-state index in [1.54, 1.807) is 11.6 Å². The van der Waals surface area contributed by atoms with Gasteiger partial charge in [-0.2, -0.15) is 4.68 Å². The third-order valence-corrected chi connectivity index (χ3v) is 7.60. The molecule has 0 amide bonds. The van der Waals surface area contributed by atoms with Gasteiger partial charge in [-0.3, -0.25) is 0 Å². The zero-order chi connectivity index (χ0) is 28.2. The van der Waals surface area contributed by atoms with Crippen LogP contribution in [0.1, 0.15) is 66.9 Å². The Morgan fingerprint density at radius 2 is 1.85 bits per heavy atom. The molecule has 1 aliphatic rings. The minimum absolute atomic E-state index is 0.235. The van der Waals surface area contributed by atoms with Crippen molar-refractivity contribution in [2.75, 3.05) is 6.61 Å². The van der Waals surface area contributed by atoms with Gasteiger partial charge in [0.05, 0.1) is 18.3 Å². The average Bonchev–Trinajstić information content (AvgIpc) is 3.63. The highest BCUT2D eigenvalue weighted by molar-refractivity contribution is 6.31. The fourth-order valence-corrected chi connectivity index (χ4v) is 5.68. The number of carbonyl (C=O) groups excluding carboxylic acids is 1. The molecule has 1 saturated carbocycles. The number of ether oxygens (including phenoxy) is 2. The van der Waals surface area contributed by atoms with E-state index in [0.717, 1.165) is 53.6 Å². The van der Waals surface area contributed by atoms with Gasteiger partial charge in [0.2, 0.25) is 0 Å². The maximum atomic E-state index is 13.3. The minimum atomic E-state index is -0.513. The van der Waals surface area contributed by atoms with Gasteiger partial charge in [-0.1, -0.05) is 61.2 Å². The zero-order valence-corrected chi connectivity index (χ0v) is 23.5. The van der Waals surface area contributed by atoms with Gasteiger partial charge in [-0.05, 0) is 66.6 Å². The van der Waals surface area contributed by atoms with Gasteiger partial charge in [-0.25, -0.2) is 4.79 Å². The lowest BCUT2D eigenvalue weighted by Gasteiger charge is -2.28. The molecular weight excluding hydrogens is 540 g/mol. The van der Waals surface area contributed by atoms with Gasteiger partial charge in [0.15, 0.2) is 5.82 Å². The van der Waals surface area contributed by atoms with Crippen LogP contribution in [0.2, 0.25) is 5.02 Å². The predicted molar refractivity (Wildman–Crippen MR) is 157 cm³/mol. The molecule has 5 aromatic rings. The fraction of sp³-hybridized carbons (Fsp3) is 0.290. The second-order valence-corrected chi connectivity index (χ2v) is 10.6. The van der Waals surface area contributed by atoms with Crippen LogP contribution in [-0.4, -0.2) is 43.8 Å². The van der Waals surface area contributed by atoms with Crippen LogP contribution in [0.5, 0.6) is 11.5 Å². The molecule has 9 nitrogen and oxygen atoms in total. The van der Waals surface area contributed by atoms with Crippen molar-refractivity contribution in [3.63, 3.8) is 0 Å². The third kappa shape index (κ3) is 5.82. The number of hydrogen-bond acceptors (Lipinski definition) is 7. The first-order valence-corrected chi connectivity index (χ1v) is 14.3. The Labute approximate surface area is 242 Å². The Hall–Kier alpha value is -4.21. The third-order valence-electron chi connectivity index (χ3n) is 7.37. The number of esters is 1. The number of rotatable bonds is 9. The molecule has 0 bridgehead atoms. The van der Waals surface area contributed by atoms with E-state index in [9.17, 15) is 4.79 Å². The Morgan fingerprint density at radius 3 is 2.66 bits per heavy atom. The molecule has 1 fully saturated rings. The molecule has 3 aromatic carbocycles. The second-order valence-electron chi connectivity index (χ2n) is 10.1. The predicted octanol–water partition coefficient (Wildman–Crippen LogP) is 6.78. The highest BCUT2D eigenvalue weighted by Crippen LogP contribution is 2.36. The van der Waals surface area contributed by atoms with Crippen LogP contribution in [0.15, 0.2) is 72.8 Å². The van der Waals surface area contributed by atoms with E-state index in [1.807, 2.05) is 72.8 Å². The lowest BCUT2D eigenvalue weighted by molar-refractivity contribution is 0.0518. The van der Waals surface area contributed by atoms with Gasteiger partial charge in [0, 0.05) is 33.6 Å². The number of aromatic amines is 1. The number of fused-ring (bicyclic) bond motifs is 1. The maximum absolute atomic E-state index is 13.3. The van der Waals surface area contributed by atoms with Crippen molar-refractivity contribution in [3.05, 3.63) is 94.9 Å². The normalized spacial score (nSPS) is 14.7. The van der Waals surface area contributed by atoms with Crippen molar-refractivity contribution in [1.82, 2.24) is 30.5 Å². The number of aromatic nitrogens is 5. The number of para-hydroxylation sites is 1. The number of tetrazole rings is 1. The first-order valence-electron chi connectivity index (χ1n) is 14.0. The molecule has 1 aliphatic carbocycles. The van der Waals surface area contributed by atoms with Gasteiger partial charge in [0.1, 0.15) is 17.2 Å². The molecule has 41 heavy (non-hydrogen) atoms. The highest BCUT2D eigenvalue weighted by Gasteiger charge is 2.33. The van der Waals surface area contributed by atoms with Crippen LogP contribution >= 0.6 is 11.6 Å². The minimum Gasteiger partial charge on any atom is -0.461 e. The van der Waals surface area contributed by atoms with Crippen molar-refractivity contribution in [2.24, 2.45) is 0 Å². The van der Waals surface area contributed by atoms with Crippen molar-refractivity contribution < 1.29 is 14.3 Å². The smallest absolute Gasteiger partial charge is 0.355 e.